The molecule has 1 unspecified atom stereocenters. The van der Waals surface area contributed by atoms with E-state index >= 15 is 0 Å². The molecule has 2 N–H and O–H groups in total. The number of aliphatic imine (C=N–C) groups is 1. The first-order valence-corrected chi connectivity index (χ1v) is 10.3. The molecule has 0 spiro atoms. The second kappa shape index (κ2) is 10.5. The van der Waals surface area contributed by atoms with E-state index in [-0.39, 0.29) is 11.9 Å². The fourth-order valence-electron chi connectivity index (χ4n) is 3.61. The number of hydrogen-bond donors (Lipinski definition) is 2. The molecule has 0 aliphatic carbocycles. The van der Waals surface area contributed by atoms with Gasteiger partial charge in [0, 0.05) is 65.0 Å². The third-order valence-corrected chi connectivity index (χ3v) is 5.40. The van der Waals surface area contributed by atoms with Gasteiger partial charge in [0.1, 0.15) is 0 Å². The van der Waals surface area contributed by atoms with Gasteiger partial charge in [0.15, 0.2) is 5.96 Å². The number of hydrogen-bond acceptors (Lipinski definition) is 4. The van der Waals surface area contributed by atoms with Crippen LogP contribution in [0.2, 0.25) is 0 Å². The summed E-state index contributed by atoms with van der Waals surface area (Å²) in [6.45, 7) is 16.1. The van der Waals surface area contributed by atoms with E-state index in [4.69, 9.17) is 4.99 Å². The van der Waals surface area contributed by atoms with Crippen LogP contribution in [0.4, 0.5) is 0 Å². The van der Waals surface area contributed by atoms with Gasteiger partial charge in [0.25, 0.3) is 0 Å². The lowest BCUT2D eigenvalue weighted by Crippen LogP contribution is -2.48. The van der Waals surface area contributed by atoms with Crippen LogP contribution < -0.4 is 10.6 Å². The molecule has 1 aromatic heterocycles. The van der Waals surface area contributed by atoms with Crippen molar-refractivity contribution in [2.24, 2.45) is 12.0 Å². The number of amides is 1. The van der Waals surface area contributed by atoms with Crippen LogP contribution in [0.5, 0.6) is 0 Å². The van der Waals surface area contributed by atoms with Crippen LogP contribution in [0.15, 0.2) is 4.99 Å². The number of aromatic nitrogens is 2. The third-order valence-electron chi connectivity index (χ3n) is 5.40. The number of nitrogens with zero attached hydrogens (tertiary/aromatic N) is 5. The zero-order valence-corrected chi connectivity index (χ0v) is 18.4. The molecule has 1 amide bonds. The lowest BCUT2D eigenvalue weighted by atomic mass is 10.1. The summed E-state index contributed by atoms with van der Waals surface area (Å²) < 4.78 is 1.95. The molecule has 1 aliphatic rings. The van der Waals surface area contributed by atoms with E-state index in [1.165, 1.54) is 11.3 Å². The van der Waals surface area contributed by atoms with Gasteiger partial charge in [-0.1, -0.05) is 0 Å². The standard InChI is InChI=1S/C20H37N7O/c1-7-21-20(22-8-9-26-10-12-27(13-11-26)18(5)28)23-15(2)14-19-16(3)24-25(6)17(19)4/h15H,7-14H2,1-6H3,(H2,21,22,23). The fraction of sp³-hybridized carbons (Fsp3) is 0.750. The average Bonchev–Trinajstić information content (AvgIpc) is 2.88. The number of guanidine groups is 1. The van der Waals surface area contributed by atoms with Crippen LogP contribution in [0, 0.1) is 13.8 Å². The molecule has 1 atom stereocenters. The molecular weight excluding hydrogens is 354 g/mol. The van der Waals surface area contributed by atoms with E-state index in [1.54, 1.807) is 6.92 Å². The van der Waals surface area contributed by atoms with Gasteiger partial charge < -0.3 is 15.5 Å². The Bertz CT molecular complexity index is 674. The van der Waals surface area contributed by atoms with E-state index in [0.29, 0.717) is 0 Å². The fourth-order valence-corrected chi connectivity index (χ4v) is 3.61. The highest BCUT2D eigenvalue weighted by Gasteiger charge is 2.18. The lowest BCUT2D eigenvalue weighted by Gasteiger charge is -2.33. The Balaban J connectivity index is 1.83. The summed E-state index contributed by atoms with van der Waals surface area (Å²) in [5, 5.41) is 11.4. The highest BCUT2D eigenvalue weighted by Crippen LogP contribution is 2.14. The largest absolute Gasteiger partial charge is 0.357 e. The minimum absolute atomic E-state index is 0.171. The summed E-state index contributed by atoms with van der Waals surface area (Å²) in [4.78, 5) is 20.5. The topological polar surface area (TPSA) is 77.8 Å². The van der Waals surface area contributed by atoms with Gasteiger partial charge in [0.05, 0.1) is 12.2 Å². The van der Waals surface area contributed by atoms with Crippen molar-refractivity contribution in [1.29, 1.82) is 0 Å². The quantitative estimate of drug-likeness (QED) is 0.528. The lowest BCUT2D eigenvalue weighted by molar-refractivity contribution is -0.130. The summed E-state index contributed by atoms with van der Waals surface area (Å²) in [6.07, 6.45) is 0.920. The first kappa shape index (κ1) is 22.2. The molecule has 8 heteroatoms. The minimum Gasteiger partial charge on any atom is -0.357 e. The molecule has 1 saturated heterocycles. The number of rotatable bonds is 7. The zero-order chi connectivity index (χ0) is 20.7. The van der Waals surface area contributed by atoms with E-state index in [1.807, 2.05) is 16.6 Å². The summed E-state index contributed by atoms with van der Waals surface area (Å²) in [5.41, 5.74) is 3.62. The monoisotopic (exact) mass is 391 g/mol. The van der Waals surface area contributed by atoms with Crippen LogP contribution in [0.3, 0.4) is 0 Å². The first-order valence-electron chi connectivity index (χ1n) is 10.3. The zero-order valence-electron chi connectivity index (χ0n) is 18.4. The van der Waals surface area contributed by atoms with Crippen molar-refractivity contribution in [3.63, 3.8) is 0 Å². The van der Waals surface area contributed by atoms with Gasteiger partial charge in [-0.25, -0.2) is 0 Å². The van der Waals surface area contributed by atoms with Gasteiger partial charge in [-0.2, -0.15) is 5.10 Å². The second-order valence-electron chi connectivity index (χ2n) is 7.63. The normalized spacial score (nSPS) is 16.9. The Kier molecular flexibility index (Phi) is 8.29. The maximum absolute atomic E-state index is 11.4. The maximum atomic E-state index is 11.4. The second-order valence-corrected chi connectivity index (χ2v) is 7.63. The molecule has 0 bridgehead atoms. The summed E-state index contributed by atoms with van der Waals surface area (Å²) >= 11 is 0. The van der Waals surface area contributed by atoms with Gasteiger partial charge >= 0.3 is 0 Å². The number of carbonyl (C=O) groups is 1. The molecule has 158 valence electrons. The van der Waals surface area contributed by atoms with Crippen LogP contribution in [0.25, 0.3) is 0 Å². The van der Waals surface area contributed by atoms with E-state index in [9.17, 15) is 4.79 Å². The van der Waals surface area contributed by atoms with E-state index in [0.717, 1.165) is 63.9 Å². The first-order chi connectivity index (χ1) is 13.3. The predicted molar refractivity (Wildman–Crippen MR) is 114 cm³/mol. The molecule has 2 rings (SSSR count). The number of nitrogens with one attached hydrogen (secondary N) is 2. The van der Waals surface area contributed by atoms with Crippen molar-refractivity contribution < 1.29 is 4.79 Å². The Morgan fingerprint density at radius 3 is 2.46 bits per heavy atom. The van der Waals surface area contributed by atoms with Crippen molar-refractivity contribution in [3.05, 3.63) is 17.0 Å². The third kappa shape index (κ3) is 6.22. The van der Waals surface area contributed by atoms with Gasteiger partial charge in [-0.3, -0.25) is 19.4 Å². The highest BCUT2D eigenvalue weighted by molar-refractivity contribution is 5.80. The van der Waals surface area contributed by atoms with E-state index in [2.05, 4.69) is 48.3 Å². The van der Waals surface area contributed by atoms with Crippen LogP contribution in [-0.4, -0.2) is 83.3 Å². The van der Waals surface area contributed by atoms with Crippen LogP contribution in [-0.2, 0) is 18.3 Å². The predicted octanol–water partition coefficient (Wildman–Crippen LogP) is 0.687. The van der Waals surface area contributed by atoms with Gasteiger partial charge in [-0.05, 0) is 39.7 Å². The van der Waals surface area contributed by atoms with E-state index < -0.39 is 0 Å². The molecule has 0 aromatic carbocycles. The van der Waals surface area contributed by atoms with Crippen LogP contribution >= 0.6 is 0 Å². The number of aryl methyl sites for hydroxylation is 2. The molecule has 1 aliphatic heterocycles. The molecule has 1 fully saturated rings. The molecule has 28 heavy (non-hydrogen) atoms. The Hall–Kier alpha value is -2.09. The van der Waals surface area contributed by atoms with Crippen molar-refractivity contribution in [3.8, 4) is 0 Å². The molecule has 8 nitrogen and oxygen atoms in total. The Labute approximate surface area is 169 Å². The molecular formula is C20H37N7O. The molecule has 0 saturated carbocycles. The Morgan fingerprint density at radius 1 is 1.25 bits per heavy atom. The average molecular weight is 392 g/mol. The number of piperazine rings is 1. The SMILES string of the molecule is CCNC(=NCCN1CCN(C(C)=O)CC1)NC(C)Cc1c(C)nn(C)c1C. The van der Waals surface area contributed by atoms with Crippen molar-refractivity contribution in [2.75, 3.05) is 45.8 Å². The summed E-state index contributed by atoms with van der Waals surface area (Å²) in [6, 6.07) is 0.263. The van der Waals surface area contributed by atoms with Crippen molar-refractivity contribution in [1.82, 2.24) is 30.2 Å². The smallest absolute Gasteiger partial charge is 0.219 e. The number of carbonyl (C=O) groups excluding carboxylic acids is 1. The summed E-state index contributed by atoms with van der Waals surface area (Å²) in [5.74, 6) is 1.03. The van der Waals surface area contributed by atoms with Gasteiger partial charge in [0.2, 0.25) is 5.91 Å². The summed E-state index contributed by atoms with van der Waals surface area (Å²) in [7, 11) is 1.99. The maximum Gasteiger partial charge on any atom is 0.219 e. The Morgan fingerprint density at radius 2 is 1.93 bits per heavy atom. The van der Waals surface area contributed by atoms with Crippen LogP contribution in [0.1, 0.15) is 37.7 Å². The molecule has 0 radical (unpaired) electrons. The minimum atomic E-state index is 0.171. The van der Waals surface area contributed by atoms with Crippen molar-refractivity contribution >= 4 is 11.9 Å². The highest BCUT2D eigenvalue weighted by atomic mass is 16.2. The van der Waals surface area contributed by atoms with Gasteiger partial charge in [-0.15, -0.1) is 0 Å². The molecule has 1 aromatic rings. The molecule has 2 heterocycles. The van der Waals surface area contributed by atoms with Crippen molar-refractivity contribution in [2.45, 2.75) is 47.1 Å².